The number of piperazine rings is 1. The van der Waals surface area contributed by atoms with E-state index in [4.69, 9.17) is 0 Å². The van der Waals surface area contributed by atoms with Crippen LogP contribution in [0, 0.1) is 0 Å². The Morgan fingerprint density at radius 2 is 1.93 bits per heavy atom. The van der Waals surface area contributed by atoms with Crippen LogP contribution in [0.25, 0.3) is 11.2 Å². The van der Waals surface area contributed by atoms with Gasteiger partial charge in [0.25, 0.3) is 0 Å². The molecular weight excluding hydrogens is 383 g/mol. The highest BCUT2D eigenvalue weighted by atomic mass is 19.4. The monoisotopic (exact) mass is 403 g/mol. The lowest BCUT2D eigenvalue weighted by Crippen LogP contribution is -2.46. The molecule has 2 bridgehead atoms. The Labute approximate surface area is 165 Å². The molecule has 2 atom stereocenters. The van der Waals surface area contributed by atoms with Crippen molar-refractivity contribution in [2.24, 2.45) is 0 Å². The van der Waals surface area contributed by atoms with Gasteiger partial charge in [0.1, 0.15) is 12.0 Å². The first-order chi connectivity index (χ1) is 13.9. The van der Waals surface area contributed by atoms with Gasteiger partial charge >= 0.3 is 6.18 Å². The Kier molecular flexibility index (Phi) is 4.19. The molecule has 0 radical (unpaired) electrons. The van der Waals surface area contributed by atoms with Gasteiger partial charge in [-0.15, -0.1) is 0 Å². The Balaban J connectivity index is 1.31. The average molecular weight is 403 g/mol. The van der Waals surface area contributed by atoms with Crippen molar-refractivity contribution in [3.63, 3.8) is 0 Å². The third kappa shape index (κ3) is 3.11. The van der Waals surface area contributed by atoms with Crippen LogP contribution in [0.4, 0.5) is 19.0 Å². The fourth-order valence-electron chi connectivity index (χ4n) is 4.43. The van der Waals surface area contributed by atoms with E-state index in [9.17, 15) is 13.2 Å². The summed E-state index contributed by atoms with van der Waals surface area (Å²) in [5.74, 6) is 0.866. The number of likely N-dealkylation sites (tertiary alicyclic amines) is 1. The van der Waals surface area contributed by atoms with E-state index in [1.165, 1.54) is 12.3 Å². The predicted octanol–water partition coefficient (Wildman–Crippen LogP) is 2.72. The molecule has 10 heteroatoms. The smallest absolute Gasteiger partial charge is 0.349 e. The maximum absolute atomic E-state index is 12.7. The van der Waals surface area contributed by atoms with E-state index in [0.717, 1.165) is 54.7 Å². The fraction of sp³-hybridized carbons (Fsp3) is 0.474. The molecule has 29 heavy (non-hydrogen) atoms. The number of anilines is 1. The highest BCUT2D eigenvalue weighted by molar-refractivity contribution is 5.83. The maximum atomic E-state index is 12.7. The van der Waals surface area contributed by atoms with Crippen molar-refractivity contribution < 1.29 is 13.2 Å². The zero-order chi connectivity index (χ0) is 20.2. The highest BCUT2D eigenvalue weighted by Gasteiger charge is 2.44. The van der Waals surface area contributed by atoms with Gasteiger partial charge in [0, 0.05) is 44.5 Å². The molecule has 2 unspecified atom stereocenters. The zero-order valence-electron chi connectivity index (χ0n) is 15.8. The van der Waals surface area contributed by atoms with Gasteiger partial charge in [0.15, 0.2) is 17.0 Å². The van der Waals surface area contributed by atoms with E-state index >= 15 is 0 Å². The van der Waals surface area contributed by atoms with E-state index in [1.54, 1.807) is 12.7 Å². The van der Waals surface area contributed by atoms with Crippen LogP contribution in [-0.2, 0) is 19.3 Å². The number of hydrogen-bond acceptors (Lipinski definition) is 6. The molecule has 0 saturated carbocycles. The molecule has 0 spiro atoms. The molecule has 2 aliphatic rings. The molecule has 0 amide bonds. The third-order valence-corrected chi connectivity index (χ3v) is 5.85. The summed E-state index contributed by atoms with van der Waals surface area (Å²) in [7, 11) is 0. The SMILES string of the molecule is CCn1cnc2c(N3CC4CC3CN4Cc3ccc(C(F)(F)F)nc3)ncnc21. The number of halogens is 3. The van der Waals surface area contributed by atoms with Gasteiger partial charge in [0.2, 0.25) is 0 Å². The summed E-state index contributed by atoms with van der Waals surface area (Å²) in [5, 5.41) is 0. The molecule has 3 aromatic heterocycles. The van der Waals surface area contributed by atoms with Crippen LogP contribution in [0.15, 0.2) is 31.0 Å². The first-order valence-corrected chi connectivity index (χ1v) is 9.62. The molecule has 2 aliphatic heterocycles. The number of hydrogen-bond donors (Lipinski definition) is 0. The number of pyridine rings is 1. The van der Waals surface area contributed by atoms with Crippen molar-refractivity contribution in [3.8, 4) is 0 Å². The Bertz CT molecular complexity index is 1030. The van der Waals surface area contributed by atoms with Gasteiger partial charge in [-0.1, -0.05) is 6.07 Å². The van der Waals surface area contributed by atoms with Crippen LogP contribution < -0.4 is 4.90 Å². The van der Waals surface area contributed by atoms with Crippen molar-refractivity contribution in [1.29, 1.82) is 0 Å². The summed E-state index contributed by atoms with van der Waals surface area (Å²) in [6.07, 6.45) is 1.32. The number of rotatable bonds is 4. The molecular formula is C19H20F3N7. The van der Waals surface area contributed by atoms with Gasteiger partial charge in [0.05, 0.1) is 6.33 Å². The second kappa shape index (κ2) is 6.65. The van der Waals surface area contributed by atoms with Crippen LogP contribution in [0.5, 0.6) is 0 Å². The van der Waals surface area contributed by atoms with Crippen LogP contribution in [0.1, 0.15) is 24.6 Å². The first kappa shape index (κ1) is 18.3. The Hall–Kier alpha value is -2.75. The summed E-state index contributed by atoms with van der Waals surface area (Å²) in [5.41, 5.74) is 1.60. The summed E-state index contributed by atoms with van der Waals surface area (Å²) >= 11 is 0. The van der Waals surface area contributed by atoms with Crippen molar-refractivity contribution >= 4 is 17.0 Å². The van der Waals surface area contributed by atoms with Gasteiger partial charge in [-0.3, -0.25) is 9.88 Å². The maximum Gasteiger partial charge on any atom is 0.433 e. The highest BCUT2D eigenvalue weighted by Crippen LogP contribution is 2.36. The number of aryl methyl sites for hydroxylation is 1. The quantitative estimate of drug-likeness (QED) is 0.668. The normalized spacial score (nSPS) is 22.1. The molecule has 5 heterocycles. The number of alkyl halides is 3. The molecule has 5 rings (SSSR count). The van der Waals surface area contributed by atoms with Gasteiger partial charge in [-0.2, -0.15) is 13.2 Å². The molecule has 3 aromatic rings. The van der Waals surface area contributed by atoms with Crippen molar-refractivity contribution in [3.05, 3.63) is 42.2 Å². The minimum atomic E-state index is -4.40. The molecule has 7 nitrogen and oxygen atoms in total. The van der Waals surface area contributed by atoms with E-state index in [1.807, 2.05) is 4.57 Å². The minimum Gasteiger partial charge on any atom is -0.349 e. The zero-order valence-corrected chi connectivity index (χ0v) is 15.8. The fourth-order valence-corrected chi connectivity index (χ4v) is 4.43. The number of nitrogens with zero attached hydrogens (tertiary/aromatic N) is 7. The van der Waals surface area contributed by atoms with Crippen LogP contribution in [0.2, 0.25) is 0 Å². The minimum absolute atomic E-state index is 0.312. The van der Waals surface area contributed by atoms with Gasteiger partial charge in [-0.25, -0.2) is 15.0 Å². The van der Waals surface area contributed by atoms with E-state index in [2.05, 4.69) is 36.7 Å². The summed E-state index contributed by atoms with van der Waals surface area (Å²) < 4.78 is 40.1. The second-order valence-electron chi connectivity index (χ2n) is 7.57. The van der Waals surface area contributed by atoms with Crippen molar-refractivity contribution in [1.82, 2.24) is 29.4 Å². The third-order valence-electron chi connectivity index (χ3n) is 5.85. The van der Waals surface area contributed by atoms with Gasteiger partial charge in [-0.05, 0) is 25.0 Å². The average Bonchev–Trinajstić information content (AvgIpc) is 3.41. The Morgan fingerprint density at radius 1 is 1.07 bits per heavy atom. The molecule has 0 aliphatic carbocycles. The summed E-state index contributed by atoms with van der Waals surface area (Å²) in [6.45, 7) is 5.11. The lowest BCUT2D eigenvalue weighted by atomic mass is 10.2. The Morgan fingerprint density at radius 3 is 2.59 bits per heavy atom. The summed E-state index contributed by atoms with van der Waals surface area (Å²) in [4.78, 5) is 21.6. The van der Waals surface area contributed by atoms with Crippen LogP contribution in [0.3, 0.4) is 0 Å². The second-order valence-corrected chi connectivity index (χ2v) is 7.57. The van der Waals surface area contributed by atoms with Crippen molar-refractivity contribution in [2.75, 3.05) is 18.0 Å². The molecule has 2 fully saturated rings. The van der Waals surface area contributed by atoms with Gasteiger partial charge < -0.3 is 9.47 Å². The van der Waals surface area contributed by atoms with E-state index in [0.29, 0.717) is 18.6 Å². The summed E-state index contributed by atoms with van der Waals surface area (Å²) in [6, 6.07) is 3.22. The topological polar surface area (TPSA) is 63.0 Å². The molecule has 152 valence electrons. The lowest BCUT2D eigenvalue weighted by molar-refractivity contribution is -0.141. The van der Waals surface area contributed by atoms with Crippen molar-refractivity contribution in [2.45, 2.75) is 44.7 Å². The predicted molar refractivity (Wildman–Crippen MR) is 100 cm³/mol. The number of imidazole rings is 1. The number of fused-ring (bicyclic) bond motifs is 3. The molecule has 2 saturated heterocycles. The number of aromatic nitrogens is 5. The van der Waals surface area contributed by atoms with E-state index in [-0.39, 0.29) is 0 Å². The largest absolute Gasteiger partial charge is 0.433 e. The standard InChI is InChI=1S/C19H20F3N7/c1-2-27-11-26-16-17(27)24-10-25-18(16)29-9-13-5-14(29)8-28(13)7-12-3-4-15(23-6-12)19(20,21)22/h3-4,6,10-11,13-14H,2,5,7-9H2,1H3. The van der Waals surface area contributed by atoms with Crippen LogP contribution >= 0.6 is 0 Å². The molecule has 0 aromatic carbocycles. The lowest BCUT2D eigenvalue weighted by Gasteiger charge is -2.34. The first-order valence-electron chi connectivity index (χ1n) is 9.62. The van der Waals surface area contributed by atoms with E-state index < -0.39 is 11.9 Å². The molecule has 0 N–H and O–H groups in total. The van der Waals surface area contributed by atoms with Crippen LogP contribution in [-0.4, -0.2) is 54.6 Å².